The second-order valence-corrected chi connectivity index (χ2v) is 7.70. The average Bonchev–Trinajstić information content (AvgIpc) is 3.10. The van der Waals surface area contributed by atoms with E-state index in [-0.39, 0.29) is 30.0 Å². The van der Waals surface area contributed by atoms with Crippen LogP contribution in [0.2, 0.25) is 5.02 Å². The molecule has 0 saturated carbocycles. The first-order valence-electron chi connectivity index (χ1n) is 9.60. The molecule has 2 aromatic heterocycles. The molecule has 3 heterocycles. The van der Waals surface area contributed by atoms with Gasteiger partial charge in [0.2, 0.25) is 5.91 Å². The van der Waals surface area contributed by atoms with E-state index in [0.717, 1.165) is 22.4 Å². The number of amides is 1. The lowest BCUT2D eigenvalue weighted by Crippen LogP contribution is -2.25. The van der Waals surface area contributed by atoms with E-state index in [1.807, 2.05) is 19.1 Å². The van der Waals surface area contributed by atoms with Crippen LogP contribution in [0, 0.1) is 12.7 Å². The molecular weight excluding hydrogens is 419 g/mol. The number of benzene rings is 2. The number of nitrogens with zero attached hydrogens (tertiary/aromatic N) is 5. The maximum atomic E-state index is 13.4. The normalized spacial score (nSPS) is 15.5. The highest BCUT2D eigenvalue weighted by Gasteiger charge is 2.33. The van der Waals surface area contributed by atoms with Gasteiger partial charge in [-0.1, -0.05) is 35.9 Å². The molecule has 1 atom stereocenters. The van der Waals surface area contributed by atoms with Crippen LogP contribution in [-0.2, 0) is 4.79 Å². The third kappa shape index (κ3) is 3.55. The number of fused-ring (bicyclic) bond motifs is 1. The van der Waals surface area contributed by atoms with Gasteiger partial charge < -0.3 is 5.32 Å². The molecule has 0 saturated heterocycles. The van der Waals surface area contributed by atoms with Crippen molar-refractivity contribution in [2.75, 3.05) is 5.32 Å². The number of carbonyl (C=O) groups is 1. The lowest BCUT2D eigenvalue weighted by molar-refractivity contribution is -0.116. The van der Waals surface area contributed by atoms with Crippen molar-refractivity contribution in [2.45, 2.75) is 19.3 Å². The molecule has 154 valence electrons. The summed E-state index contributed by atoms with van der Waals surface area (Å²) in [6, 6.07) is 13.4. The van der Waals surface area contributed by atoms with Gasteiger partial charge in [-0.05, 0) is 36.8 Å². The number of nitrogens with one attached hydrogen (secondary N) is 1. The molecule has 5 rings (SSSR count). The summed E-state index contributed by atoms with van der Waals surface area (Å²) in [4.78, 5) is 17.1. The molecule has 0 unspecified atom stereocenters. The zero-order valence-electron chi connectivity index (χ0n) is 16.4. The van der Waals surface area contributed by atoms with E-state index in [0.29, 0.717) is 16.5 Å². The molecule has 0 fully saturated rings. The molecule has 7 nitrogen and oxygen atoms in total. The average molecular weight is 435 g/mol. The Hall–Kier alpha value is -3.65. The summed E-state index contributed by atoms with van der Waals surface area (Å²) >= 11 is 5.97. The first-order valence-corrected chi connectivity index (χ1v) is 9.98. The summed E-state index contributed by atoms with van der Waals surface area (Å²) in [5.41, 5.74) is 3.85. The van der Waals surface area contributed by atoms with Gasteiger partial charge in [-0.15, -0.1) is 5.10 Å². The summed E-state index contributed by atoms with van der Waals surface area (Å²) < 4.78 is 14.9. The smallest absolute Gasteiger partial charge is 0.272 e. The van der Waals surface area contributed by atoms with Gasteiger partial charge in [0.05, 0.1) is 17.6 Å². The fourth-order valence-electron chi connectivity index (χ4n) is 3.82. The number of anilines is 1. The maximum absolute atomic E-state index is 13.4. The second kappa shape index (κ2) is 7.55. The molecule has 9 heteroatoms. The van der Waals surface area contributed by atoms with Crippen LogP contribution in [0.15, 0.2) is 54.7 Å². The van der Waals surface area contributed by atoms with Gasteiger partial charge in [0.1, 0.15) is 11.6 Å². The van der Waals surface area contributed by atoms with Gasteiger partial charge in [0, 0.05) is 28.5 Å². The van der Waals surface area contributed by atoms with Crippen LogP contribution in [0.5, 0.6) is 0 Å². The fourth-order valence-corrected chi connectivity index (χ4v) is 3.94. The third-order valence-corrected chi connectivity index (χ3v) is 5.50. The summed E-state index contributed by atoms with van der Waals surface area (Å²) in [6.45, 7) is 1.86. The molecule has 0 radical (unpaired) electrons. The second-order valence-electron chi connectivity index (χ2n) is 7.26. The first-order chi connectivity index (χ1) is 15.0. The van der Waals surface area contributed by atoms with Crippen LogP contribution < -0.4 is 5.32 Å². The molecule has 1 amide bonds. The molecule has 0 aliphatic carbocycles. The Kier molecular flexibility index (Phi) is 4.71. The monoisotopic (exact) mass is 434 g/mol. The number of rotatable bonds is 3. The van der Waals surface area contributed by atoms with Crippen molar-refractivity contribution in [1.29, 1.82) is 0 Å². The van der Waals surface area contributed by atoms with Gasteiger partial charge >= 0.3 is 0 Å². The summed E-state index contributed by atoms with van der Waals surface area (Å²) in [5.74, 6) is 0.000393. The minimum absolute atomic E-state index is 0.162. The van der Waals surface area contributed by atoms with Crippen molar-refractivity contribution in [3.63, 3.8) is 0 Å². The van der Waals surface area contributed by atoms with Crippen LogP contribution in [0.4, 0.5) is 10.2 Å². The Morgan fingerprint density at radius 1 is 1.13 bits per heavy atom. The van der Waals surface area contributed by atoms with Gasteiger partial charge in [-0.3, -0.25) is 4.79 Å². The minimum Gasteiger partial charge on any atom is -0.310 e. The van der Waals surface area contributed by atoms with E-state index in [1.165, 1.54) is 16.8 Å². The fraction of sp³-hybridized carbons (Fsp3) is 0.136. The van der Waals surface area contributed by atoms with E-state index < -0.39 is 0 Å². The molecular formula is C22H16ClFN6O. The zero-order chi connectivity index (χ0) is 21.5. The quantitative estimate of drug-likeness (QED) is 0.519. The lowest BCUT2D eigenvalue weighted by atomic mass is 9.86. The number of hydrogen-bond acceptors (Lipinski definition) is 5. The maximum Gasteiger partial charge on any atom is 0.272 e. The number of hydrogen-bond donors (Lipinski definition) is 1. The largest absolute Gasteiger partial charge is 0.310 e. The number of aromatic nitrogens is 5. The van der Waals surface area contributed by atoms with E-state index in [4.69, 9.17) is 11.6 Å². The van der Waals surface area contributed by atoms with Crippen LogP contribution in [0.1, 0.15) is 29.2 Å². The summed E-state index contributed by atoms with van der Waals surface area (Å²) in [6.07, 6.45) is 1.80. The highest BCUT2D eigenvalue weighted by molar-refractivity contribution is 6.30. The minimum atomic E-state index is -0.324. The Morgan fingerprint density at radius 3 is 2.61 bits per heavy atom. The topological polar surface area (TPSA) is 85.6 Å². The van der Waals surface area contributed by atoms with E-state index in [1.54, 1.807) is 30.5 Å². The van der Waals surface area contributed by atoms with Crippen molar-refractivity contribution in [1.82, 2.24) is 25.0 Å². The summed E-state index contributed by atoms with van der Waals surface area (Å²) in [5, 5.41) is 16.3. The highest BCUT2D eigenvalue weighted by atomic mass is 35.5. The van der Waals surface area contributed by atoms with Crippen LogP contribution in [0.3, 0.4) is 0 Å². The predicted octanol–water partition coefficient (Wildman–Crippen LogP) is 4.30. The van der Waals surface area contributed by atoms with Crippen LogP contribution in [-0.4, -0.2) is 30.9 Å². The lowest BCUT2D eigenvalue weighted by Gasteiger charge is -2.24. The number of halogens is 2. The van der Waals surface area contributed by atoms with Crippen molar-refractivity contribution in [2.24, 2.45) is 0 Å². The standard InChI is InChI=1S/C22H16ClFN6O/c1-12-20-17(13-4-8-16(24)9-5-13)10-19(31)27-21(20)30(29-12)22-26-18(11-25-28-22)14-2-6-15(23)7-3-14/h2-9,11,17H,10H2,1H3,(H,27,31)/t17-/m1/s1. The molecule has 2 aromatic carbocycles. The Balaban J connectivity index is 1.60. The van der Waals surface area contributed by atoms with Gasteiger partial charge in [0.15, 0.2) is 0 Å². The molecule has 1 N–H and O–H groups in total. The Morgan fingerprint density at radius 2 is 1.87 bits per heavy atom. The van der Waals surface area contributed by atoms with E-state index in [2.05, 4.69) is 25.6 Å². The van der Waals surface area contributed by atoms with Crippen molar-refractivity contribution < 1.29 is 9.18 Å². The van der Waals surface area contributed by atoms with Crippen molar-refractivity contribution in [3.8, 4) is 17.2 Å². The van der Waals surface area contributed by atoms with Gasteiger partial charge in [0.25, 0.3) is 5.95 Å². The molecule has 0 spiro atoms. The molecule has 1 aliphatic heterocycles. The molecule has 1 aliphatic rings. The highest BCUT2D eigenvalue weighted by Crippen LogP contribution is 2.39. The van der Waals surface area contributed by atoms with E-state index >= 15 is 0 Å². The molecule has 0 bridgehead atoms. The summed E-state index contributed by atoms with van der Waals surface area (Å²) in [7, 11) is 0. The number of carbonyl (C=O) groups excluding carboxylic acids is 1. The number of aryl methyl sites for hydroxylation is 1. The predicted molar refractivity (Wildman–Crippen MR) is 114 cm³/mol. The van der Waals surface area contributed by atoms with Gasteiger partial charge in [-0.25, -0.2) is 9.37 Å². The molecule has 31 heavy (non-hydrogen) atoms. The van der Waals surface area contributed by atoms with Crippen molar-refractivity contribution >= 4 is 23.3 Å². The first kappa shape index (κ1) is 19.3. The van der Waals surface area contributed by atoms with Gasteiger partial charge in [-0.2, -0.15) is 14.9 Å². The third-order valence-electron chi connectivity index (χ3n) is 5.25. The van der Waals surface area contributed by atoms with Crippen LogP contribution in [0.25, 0.3) is 17.2 Å². The van der Waals surface area contributed by atoms with Crippen molar-refractivity contribution in [3.05, 3.63) is 82.4 Å². The molecule has 4 aromatic rings. The van der Waals surface area contributed by atoms with Crippen LogP contribution >= 0.6 is 11.6 Å². The SMILES string of the molecule is Cc1nn(-c2nncc(-c3ccc(Cl)cc3)n2)c2c1[C@@H](c1ccc(F)cc1)CC(=O)N2. The Labute approximate surface area is 181 Å². The Bertz CT molecular complexity index is 1290. The van der Waals surface area contributed by atoms with E-state index in [9.17, 15) is 9.18 Å². The zero-order valence-corrected chi connectivity index (χ0v) is 17.1.